The van der Waals surface area contributed by atoms with E-state index < -0.39 is 17.5 Å². The molecule has 0 unspecified atom stereocenters. The molecule has 134 valence electrons. The molecular formula is C17H13ClFN3O4. The predicted octanol–water partition coefficient (Wildman–Crippen LogP) is 2.94. The fourth-order valence-electron chi connectivity index (χ4n) is 2.20. The Balaban J connectivity index is 1.72. The summed E-state index contributed by atoms with van der Waals surface area (Å²) in [4.78, 5) is 24.0. The summed E-state index contributed by atoms with van der Waals surface area (Å²) in [6.45, 7) is -0.354. The van der Waals surface area contributed by atoms with Crippen molar-refractivity contribution in [1.29, 1.82) is 0 Å². The van der Waals surface area contributed by atoms with Crippen LogP contribution in [0.15, 0.2) is 51.7 Å². The Morgan fingerprint density at radius 3 is 2.69 bits per heavy atom. The van der Waals surface area contributed by atoms with Gasteiger partial charge in [0, 0.05) is 11.3 Å². The van der Waals surface area contributed by atoms with Crippen LogP contribution in [0.25, 0.3) is 11.5 Å². The van der Waals surface area contributed by atoms with Gasteiger partial charge < -0.3 is 14.5 Å². The van der Waals surface area contributed by atoms with Gasteiger partial charge in [0.05, 0.1) is 12.1 Å². The minimum atomic E-state index is -0.799. The molecule has 0 saturated heterocycles. The first-order valence-electron chi connectivity index (χ1n) is 7.43. The van der Waals surface area contributed by atoms with E-state index in [2.05, 4.69) is 10.4 Å². The third-order valence-corrected chi connectivity index (χ3v) is 3.72. The molecule has 9 heteroatoms. The molecule has 0 atom stereocenters. The number of anilines is 1. The molecule has 2 aromatic carbocycles. The Morgan fingerprint density at radius 2 is 2.04 bits per heavy atom. The van der Waals surface area contributed by atoms with Crippen molar-refractivity contribution in [1.82, 2.24) is 9.78 Å². The molecule has 3 aromatic rings. The van der Waals surface area contributed by atoms with Gasteiger partial charge >= 0.3 is 5.76 Å². The lowest BCUT2D eigenvalue weighted by molar-refractivity contribution is -0.117. The summed E-state index contributed by atoms with van der Waals surface area (Å²) in [7, 11) is 1.48. The summed E-state index contributed by atoms with van der Waals surface area (Å²) in [5.74, 6) is -1.25. The normalized spacial score (nSPS) is 10.6. The quantitative estimate of drug-likeness (QED) is 0.738. The van der Waals surface area contributed by atoms with Crippen molar-refractivity contribution in [2.75, 3.05) is 12.4 Å². The number of ether oxygens (including phenoxy) is 1. The highest BCUT2D eigenvalue weighted by atomic mass is 35.5. The van der Waals surface area contributed by atoms with Gasteiger partial charge in [0.15, 0.2) is 0 Å². The standard InChI is InChI=1S/C17H13ClFN3O4/c1-25-14-7-6-12(8-13(14)18)20-15(23)9-22-17(24)26-16(21-22)10-2-4-11(19)5-3-10/h2-8H,9H2,1H3,(H,20,23). The van der Waals surface area contributed by atoms with Crippen molar-refractivity contribution < 1.29 is 18.3 Å². The molecule has 0 saturated carbocycles. The Bertz CT molecular complexity index is 998. The van der Waals surface area contributed by atoms with Crippen LogP contribution in [0.3, 0.4) is 0 Å². The average Bonchev–Trinajstić information content (AvgIpc) is 2.96. The average molecular weight is 378 g/mol. The number of amides is 1. The Labute approximate surface area is 152 Å². The molecule has 0 aliphatic rings. The maximum atomic E-state index is 13.0. The van der Waals surface area contributed by atoms with Crippen LogP contribution >= 0.6 is 11.6 Å². The van der Waals surface area contributed by atoms with Crippen LogP contribution in [0.1, 0.15) is 0 Å². The van der Waals surface area contributed by atoms with Gasteiger partial charge in [0.25, 0.3) is 0 Å². The number of methoxy groups -OCH3 is 1. The van der Waals surface area contributed by atoms with Crippen LogP contribution in [0.5, 0.6) is 5.75 Å². The monoisotopic (exact) mass is 377 g/mol. The van der Waals surface area contributed by atoms with Gasteiger partial charge in [-0.1, -0.05) is 11.6 Å². The van der Waals surface area contributed by atoms with Crippen LogP contribution in [0.2, 0.25) is 5.02 Å². The van der Waals surface area contributed by atoms with E-state index in [0.29, 0.717) is 22.0 Å². The number of nitrogens with zero attached hydrogens (tertiary/aromatic N) is 2. The summed E-state index contributed by atoms with van der Waals surface area (Å²) in [6.07, 6.45) is 0. The molecule has 1 amide bonds. The van der Waals surface area contributed by atoms with Crippen molar-refractivity contribution in [3.63, 3.8) is 0 Å². The van der Waals surface area contributed by atoms with Crippen LogP contribution in [-0.4, -0.2) is 22.8 Å². The second-order valence-electron chi connectivity index (χ2n) is 5.24. The molecule has 0 aliphatic carbocycles. The Hall–Kier alpha value is -3.13. The molecule has 1 heterocycles. The van der Waals surface area contributed by atoms with Gasteiger partial charge in [-0.2, -0.15) is 4.68 Å². The molecule has 0 aliphatic heterocycles. The van der Waals surface area contributed by atoms with E-state index in [0.717, 1.165) is 4.68 Å². The third kappa shape index (κ3) is 3.92. The maximum Gasteiger partial charge on any atom is 0.437 e. The van der Waals surface area contributed by atoms with Crippen molar-refractivity contribution in [2.45, 2.75) is 6.54 Å². The lowest BCUT2D eigenvalue weighted by Gasteiger charge is -2.07. The SMILES string of the molecule is COc1ccc(NC(=O)Cn2nc(-c3ccc(F)cc3)oc2=O)cc1Cl. The van der Waals surface area contributed by atoms with Crippen LogP contribution < -0.4 is 15.8 Å². The molecule has 1 N–H and O–H groups in total. The molecule has 7 nitrogen and oxygen atoms in total. The van der Waals surface area contributed by atoms with E-state index in [1.54, 1.807) is 12.1 Å². The fourth-order valence-corrected chi connectivity index (χ4v) is 2.45. The molecule has 0 fully saturated rings. The van der Waals surface area contributed by atoms with Gasteiger partial charge in [0.1, 0.15) is 18.1 Å². The smallest absolute Gasteiger partial charge is 0.437 e. The lowest BCUT2D eigenvalue weighted by Crippen LogP contribution is -2.25. The number of carbonyl (C=O) groups is 1. The van der Waals surface area contributed by atoms with E-state index in [1.165, 1.54) is 37.4 Å². The van der Waals surface area contributed by atoms with E-state index in [-0.39, 0.29) is 12.4 Å². The first kappa shape index (κ1) is 17.7. The van der Waals surface area contributed by atoms with Crippen molar-refractivity contribution in [2.24, 2.45) is 0 Å². The van der Waals surface area contributed by atoms with Crippen LogP contribution in [-0.2, 0) is 11.3 Å². The van der Waals surface area contributed by atoms with E-state index in [4.69, 9.17) is 20.8 Å². The Kier molecular flexibility index (Phi) is 5.04. The van der Waals surface area contributed by atoms with Gasteiger partial charge in [-0.05, 0) is 42.5 Å². The molecule has 0 spiro atoms. The zero-order valence-electron chi connectivity index (χ0n) is 13.5. The highest BCUT2D eigenvalue weighted by Crippen LogP contribution is 2.27. The maximum absolute atomic E-state index is 13.0. The number of hydrogen-bond donors (Lipinski definition) is 1. The highest BCUT2D eigenvalue weighted by Gasteiger charge is 2.14. The van der Waals surface area contributed by atoms with Crippen molar-refractivity contribution in [3.8, 4) is 17.2 Å². The van der Waals surface area contributed by atoms with Crippen LogP contribution in [0, 0.1) is 5.82 Å². The first-order chi connectivity index (χ1) is 12.5. The summed E-state index contributed by atoms with van der Waals surface area (Å²) in [6, 6.07) is 10.0. The van der Waals surface area contributed by atoms with Gasteiger partial charge in [-0.15, -0.1) is 5.10 Å². The summed E-state index contributed by atoms with van der Waals surface area (Å²) in [5.41, 5.74) is 0.862. The molecule has 0 radical (unpaired) electrons. The lowest BCUT2D eigenvalue weighted by atomic mass is 10.2. The topological polar surface area (TPSA) is 86.4 Å². The first-order valence-corrected chi connectivity index (χ1v) is 7.81. The second kappa shape index (κ2) is 7.40. The molecule has 26 heavy (non-hydrogen) atoms. The van der Waals surface area contributed by atoms with E-state index in [9.17, 15) is 14.0 Å². The highest BCUT2D eigenvalue weighted by molar-refractivity contribution is 6.32. The molecular weight excluding hydrogens is 365 g/mol. The largest absolute Gasteiger partial charge is 0.495 e. The number of benzene rings is 2. The van der Waals surface area contributed by atoms with Gasteiger partial charge in [-0.25, -0.2) is 9.18 Å². The zero-order valence-corrected chi connectivity index (χ0v) is 14.3. The molecule has 3 rings (SSSR count). The number of nitrogens with one attached hydrogen (secondary N) is 1. The minimum Gasteiger partial charge on any atom is -0.495 e. The second-order valence-corrected chi connectivity index (χ2v) is 5.64. The van der Waals surface area contributed by atoms with E-state index >= 15 is 0 Å². The molecule has 1 aromatic heterocycles. The summed E-state index contributed by atoms with van der Waals surface area (Å²) < 4.78 is 23.9. The minimum absolute atomic E-state index is 0.00436. The fraction of sp³-hybridized carbons (Fsp3) is 0.118. The zero-order chi connectivity index (χ0) is 18.7. The Morgan fingerprint density at radius 1 is 1.31 bits per heavy atom. The number of hydrogen-bond acceptors (Lipinski definition) is 5. The third-order valence-electron chi connectivity index (χ3n) is 3.43. The predicted molar refractivity (Wildman–Crippen MR) is 92.8 cm³/mol. The number of rotatable bonds is 5. The van der Waals surface area contributed by atoms with Gasteiger partial charge in [0.2, 0.25) is 11.8 Å². The van der Waals surface area contributed by atoms with Gasteiger partial charge in [-0.3, -0.25) is 4.79 Å². The van der Waals surface area contributed by atoms with Crippen LogP contribution in [0.4, 0.5) is 10.1 Å². The summed E-state index contributed by atoms with van der Waals surface area (Å²) >= 11 is 6.00. The van der Waals surface area contributed by atoms with E-state index in [1.807, 2.05) is 0 Å². The van der Waals surface area contributed by atoms with Crippen molar-refractivity contribution >= 4 is 23.2 Å². The number of halogens is 2. The summed E-state index contributed by atoms with van der Waals surface area (Å²) in [5, 5.41) is 6.88. The molecule has 0 bridgehead atoms. The number of aromatic nitrogens is 2. The number of carbonyl (C=O) groups excluding carboxylic acids is 1. The van der Waals surface area contributed by atoms with Crippen molar-refractivity contribution in [3.05, 3.63) is 63.9 Å².